The first-order chi connectivity index (χ1) is 6.31. The molecule has 0 unspecified atom stereocenters. The molecule has 3 heteroatoms. The van der Waals surface area contributed by atoms with Crippen molar-refractivity contribution in [1.29, 1.82) is 0 Å². The van der Waals surface area contributed by atoms with Crippen LogP contribution in [-0.2, 0) is 0 Å². The normalized spacial score (nSPS) is 10.5. The fourth-order valence-corrected chi connectivity index (χ4v) is 1.58. The molecule has 0 atom stereocenters. The van der Waals surface area contributed by atoms with Crippen molar-refractivity contribution in [3.8, 4) is 0 Å². The molecular formula is C10H8O2S. The van der Waals surface area contributed by atoms with Gasteiger partial charge in [-0.25, -0.2) is 0 Å². The van der Waals surface area contributed by atoms with Crippen molar-refractivity contribution < 1.29 is 4.42 Å². The van der Waals surface area contributed by atoms with Gasteiger partial charge < -0.3 is 4.42 Å². The van der Waals surface area contributed by atoms with Gasteiger partial charge in [0.05, 0.1) is 5.39 Å². The molecule has 2 aromatic rings. The van der Waals surface area contributed by atoms with Crippen molar-refractivity contribution in [2.24, 2.45) is 0 Å². The Balaban J connectivity index is 2.85. The standard InChI is InChI=1S/C10H8O2S/c1-13-10-6-8(11)7-4-2-3-5-9(7)12-10/h2-6H,1H3. The zero-order valence-electron chi connectivity index (χ0n) is 7.11. The van der Waals surface area contributed by atoms with Gasteiger partial charge in [-0.05, 0) is 18.4 Å². The number of fused-ring (bicyclic) bond motifs is 1. The van der Waals surface area contributed by atoms with Crippen molar-refractivity contribution in [2.75, 3.05) is 6.26 Å². The highest BCUT2D eigenvalue weighted by Crippen LogP contribution is 2.17. The van der Waals surface area contributed by atoms with Crippen LogP contribution in [0.4, 0.5) is 0 Å². The van der Waals surface area contributed by atoms with Crippen LogP contribution in [0.2, 0.25) is 0 Å². The van der Waals surface area contributed by atoms with E-state index in [4.69, 9.17) is 4.42 Å². The molecule has 0 aliphatic carbocycles. The largest absolute Gasteiger partial charge is 0.450 e. The molecule has 0 N–H and O–H groups in total. The summed E-state index contributed by atoms with van der Waals surface area (Å²) < 4.78 is 5.45. The van der Waals surface area contributed by atoms with E-state index in [9.17, 15) is 4.79 Å². The van der Waals surface area contributed by atoms with Gasteiger partial charge in [0.2, 0.25) is 0 Å². The molecule has 0 aliphatic rings. The lowest BCUT2D eigenvalue weighted by Crippen LogP contribution is -1.98. The molecule has 1 aromatic carbocycles. The fraction of sp³-hybridized carbons (Fsp3) is 0.100. The predicted molar refractivity (Wildman–Crippen MR) is 54.3 cm³/mol. The molecule has 2 rings (SSSR count). The Bertz CT molecular complexity index is 487. The highest BCUT2D eigenvalue weighted by atomic mass is 32.2. The first-order valence-corrected chi connectivity index (χ1v) is 5.10. The third kappa shape index (κ3) is 1.47. The van der Waals surface area contributed by atoms with Crippen LogP contribution in [0.5, 0.6) is 0 Å². The van der Waals surface area contributed by atoms with E-state index >= 15 is 0 Å². The Morgan fingerprint density at radius 2 is 2.08 bits per heavy atom. The smallest absolute Gasteiger partial charge is 0.193 e. The summed E-state index contributed by atoms with van der Waals surface area (Å²) in [6, 6.07) is 8.78. The third-order valence-corrected chi connectivity index (χ3v) is 2.42. The zero-order chi connectivity index (χ0) is 9.26. The first kappa shape index (κ1) is 8.38. The molecule has 1 aromatic heterocycles. The quantitative estimate of drug-likeness (QED) is 0.650. The van der Waals surface area contributed by atoms with Crippen LogP contribution in [0.1, 0.15) is 0 Å². The van der Waals surface area contributed by atoms with Crippen LogP contribution in [0, 0.1) is 0 Å². The Kier molecular flexibility index (Phi) is 2.10. The monoisotopic (exact) mass is 192 g/mol. The number of thioether (sulfide) groups is 1. The Hall–Kier alpha value is -1.22. The van der Waals surface area contributed by atoms with Gasteiger partial charge in [0, 0.05) is 6.07 Å². The number of hydrogen-bond acceptors (Lipinski definition) is 3. The van der Waals surface area contributed by atoms with Crippen molar-refractivity contribution in [1.82, 2.24) is 0 Å². The summed E-state index contributed by atoms with van der Waals surface area (Å²) in [6.45, 7) is 0. The number of hydrogen-bond donors (Lipinski definition) is 0. The maximum absolute atomic E-state index is 11.5. The van der Waals surface area contributed by atoms with Gasteiger partial charge in [-0.1, -0.05) is 23.9 Å². The summed E-state index contributed by atoms with van der Waals surface area (Å²) in [4.78, 5) is 11.5. The minimum Gasteiger partial charge on any atom is -0.450 e. The molecule has 0 saturated heterocycles. The zero-order valence-corrected chi connectivity index (χ0v) is 7.93. The molecule has 0 amide bonds. The molecule has 0 bridgehead atoms. The molecule has 0 radical (unpaired) electrons. The van der Waals surface area contributed by atoms with E-state index in [2.05, 4.69) is 0 Å². The van der Waals surface area contributed by atoms with Gasteiger partial charge in [-0.2, -0.15) is 0 Å². The Morgan fingerprint density at radius 1 is 1.31 bits per heavy atom. The number of rotatable bonds is 1. The van der Waals surface area contributed by atoms with Gasteiger partial charge in [0.25, 0.3) is 0 Å². The lowest BCUT2D eigenvalue weighted by atomic mass is 10.2. The molecule has 1 heterocycles. The Labute approximate surface area is 79.6 Å². The Morgan fingerprint density at radius 3 is 2.85 bits per heavy atom. The first-order valence-electron chi connectivity index (χ1n) is 3.88. The topological polar surface area (TPSA) is 30.2 Å². The molecular weight excluding hydrogens is 184 g/mol. The maximum Gasteiger partial charge on any atom is 0.193 e. The second-order valence-corrected chi connectivity index (χ2v) is 3.44. The van der Waals surface area contributed by atoms with Crippen LogP contribution < -0.4 is 5.43 Å². The maximum atomic E-state index is 11.5. The molecule has 13 heavy (non-hydrogen) atoms. The molecule has 2 nitrogen and oxygen atoms in total. The SMILES string of the molecule is CSc1cc(=O)c2ccccc2o1. The van der Waals surface area contributed by atoms with Gasteiger partial charge in [-0.3, -0.25) is 4.79 Å². The van der Waals surface area contributed by atoms with E-state index < -0.39 is 0 Å². The van der Waals surface area contributed by atoms with E-state index in [0.29, 0.717) is 16.1 Å². The van der Waals surface area contributed by atoms with Gasteiger partial charge in [-0.15, -0.1) is 0 Å². The molecule has 0 spiro atoms. The predicted octanol–water partition coefficient (Wildman–Crippen LogP) is 2.51. The van der Waals surface area contributed by atoms with Crippen LogP contribution in [-0.4, -0.2) is 6.26 Å². The van der Waals surface area contributed by atoms with Gasteiger partial charge >= 0.3 is 0 Å². The summed E-state index contributed by atoms with van der Waals surface area (Å²) in [5.74, 6) is 0. The van der Waals surface area contributed by atoms with E-state index in [0.717, 1.165) is 0 Å². The van der Waals surface area contributed by atoms with Gasteiger partial charge in [0.15, 0.2) is 10.5 Å². The van der Waals surface area contributed by atoms with Crippen LogP contribution in [0.3, 0.4) is 0 Å². The van der Waals surface area contributed by atoms with Gasteiger partial charge in [0.1, 0.15) is 5.58 Å². The molecule has 66 valence electrons. The van der Waals surface area contributed by atoms with Crippen LogP contribution in [0.25, 0.3) is 11.0 Å². The highest BCUT2D eigenvalue weighted by molar-refractivity contribution is 7.98. The van der Waals surface area contributed by atoms with Crippen LogP contribution >= 0.6 is 11.8 Å². The molecule has 0 aliphatic heterocycles. The lowest BCUT2D eigenvalue weighted by molar-refractivity contribution is 0.500. The number of para-hydroxylation sites is 1. The van der Waals surface area contributed by atoms with E-state index in [1.165, 1.54) is 17.8 Å². The second kappa shape index (κ2) is 3.26. The second-order valence-electron chi connectivity index (χ2n) is 2.63. The van der Waals surface area contributed by atoms with E-state index in [-0.39, 0.29) is 5.43 Å². The average Bonchev–Trinajstić information content (AvgIpc) is 2.18. The van der Waals surface area contributed by atoms with Crippen molar-refractivity contribution in [2.45, 2.75) is 5.09 Å². The van der Waals surface area contributed by atoms with E-state index in [1.54, 1.807) is 12.1 Å². The lowest BCUT2D eigenvalue weighted by Gasteiger charge is -1.98. The number of benzene rings is 1. The minimum atomic E-state index is 0.0196. The van der Waals surface area contributed by atoms with E-state index in [1.807, 2.05) is 18.4 Å². The fourth-order valence-electron chi connectivity index (χ4n) is 1.18. The van der Waals surface area contributed by atoms with Crippen molar-refractivity contribution in [3.05, 3.63) is 40.6 Å². The van der Waals surface area contributed by atoms with Crippen molar-refractivity contribution in [3.63, 3.8) is 0 Å². The summed E-state index contributed by atoms with van der Waals surface area (Å²) in [5, 5.41) is 1.30. The summed E-state index contributed by atoms with van der Waals surface area (Å²) in [6.07, 6.45) is 1.88. The summed E-state index contributed by atoms with van der Waals surface area (Å²) in [5.41, 5.74) is 0.672. The average molecular weight is 192 g/mol. The molecule has 0 fully saturated rings. The minimum absolute atomic E-state index is 0.0196. The summed E-state index contributed by atoms with van der Waals surface area (Å²) in [7, 11) is 0. The highest BCUT2D eigenvalue weighted by Gasteiger charge is 2.01. The molecule has 0 saturated carbocycles. The summed E-state index contributed by atoms with van der Waals surface area (Å²) >= 11 is 1.43. The third-order valence-electron chi connectivity index (χ3n) is 1.81. The van der Waals surface area contributed by atoms with Crippen LogP contribution in [0.15, 0.2) is 44.6 Å². The van der Waals surface area contributed by atoms with Crippen molar-refractivity contribution >= 4 is 22.7 Å².